The standard InChI is InChI=1S/C20H25N/c1-20(2,3)21-14-17-18(15-10-6-4-7-11-15)19(17)16-12-8-5-9-13-16/h4-13,17-19,21H,14H2,1-3H3. The first-order valence-electron chi connectivity index (χ1n) is 7.91. The van der Waals surface area contributed by atoms with Crippen LogP contribution in [0.15, 0.2) is 60.7 Å². The Kier molecular flexibility index (Phi) is 3.86. The molecule has 0 saturated heterocycles. The van der Waals surface area contributed by atoms with E-state index in [1.807, 2.05) is 0 Å². The molecule has 2 aromatic rings. The van der Waals surface area contributed by atoms with Crippen LogP contribution >= 0.6 is 0 Å². The van der Waals surface area contributed by atoms with Gasteiger partial charge in [-0.2, -0.15) is 0 Å². The topological polar surface area (TPSA) is 12.0 Å². The van der Waals surface area contributed by atoms with Gasteiger partial charge in [-0.15, -0.1) is 0 Å². The minimum absolute atomic E-state index is 0.186. The summed E-state index contributed by atoms with van der Waals surface area (Å²) >= 11 is 0. The van der Waals surface area contributed by atoms with Crippen molar-refractivity contribution in [3.63, 3.8) is 0 Å². The average Bonchev–Trinajstić information content (AvgIpc) is 3.21. The van der Waals surface area contributed by atoms with E-state index in [1.165, 1.54) is 11.1 Å². The first-order chi connectivity index (χ1) is 10.1. The number of hydrogen-bond acceptors (Lipinski definition) is 1. The number of benzene rings is 2. The zero-order chi connectivity index (χ0) is 14.9. The molecule has 2 aromatic carbocycles. The van der Waals surface area contributed by atoms with Gasteiger partial charge in [0.05, 0.1) is 0 Å². The number of hydrogen-bond donors (Lipinski definition) is 1. The second-order valence-electron chi connectivity index (χ2n) is 7.17. The lowest BCUT2D eigenvalue weighted by Gasteiger charge is -2.20. The van der Waals surface area contributed by atoms with Crippen LogP contribution in [0.4, 0.5) is 0 Å². The van der Waals surface area contributed by atoms with Gasteiger partial charge in [-0.25, -0.2) is 0 Å². The van der Waals surface area contributed by atoms with Crippen LogP contribution in [0.5, 0.6) is 0 Å². The highest BCUT2D eigenvalue weighted by Gasteiger charge is 2.51. The van der Waals surface area contributed by atoms with Crippen LogP contribution in [-0.2, 0) is 0 Å². The molecule has 21 heavy (non-hydrogen) atoms. The predicted octanol–water partition coefficient (Wildman–Crippen LogP) is 4.57. The molecule has 1 aliphatic rings. The number of nitrogens with one attached hydrogen (secondary N) is 1. The maximum absolute atomic E-state index is 3.68. The maximum Gasteiger partial charge on any atom is 0.00966 e. The van der Waals surface area contributed by atoms with Gasteiger partial charge in [0.2, 0.25) is 0 Å². The molecule has 0 spiro atoms. The van der Waals surface area contributed by atoms with E-state index in [0.717, 1.165) is 6.54 Å². The molecule has 0 aromatic heterocycles. The molecule has 1 aliphatic carbocycles. The molecule has 2 unspecified atom stereocenters. The Labute approximate surface area is 128 Å². The van der Waals surface area contributed by atoms with Crippen LogP contribution in [0, 0.1) is 5.92 Å². The van der Waals surface area contributed by atoms with E-state index in [-0.39, 0.29) is 5.54 Å². The van der Waals surface area contributed by atoms with Crippen molar-refractivity contribution in [1.29, 1.82) is 0 Å². The maximum atomic E-state index is 3.68. The number of rotatable bonds is 4. The van der Waals surface area contributed by atoms with Crippen LogP contribution < -0.4 is 5.32 Å². The Bertz CT molecular complexity index is 522. The Morgan fingerprint density at radius 3 is 1.57 bits per heavy atom. The van der Waals surface area contributed by atoms with Gasteiger partial charge in [0.15, 0.2) is 0 Å². The van der Waals surface area contributed by atoms with Gasteiger partial charge < -0.3 is 5.32 Å². The fourth-order valence-corrected chi connectivity index (χ4v) is 3.31. The van der Waals surface area contributed by atoms with Crippen LogP contribution in [0.3, 0.4) is 0 Å². The Hall–Kier alpha value is -1.60. The van der Waals surface area contributed by atoms with Gasteiger partial charge in [-0.3, -0.25) is 0 Å². The normalized spacial score (nSPS) is 24.8. The zero-order valence-electron chi connectivity index (χ0n) is 13.2. The van der Waals surface area contributed by atoms with Crippen molar-refractivity contribution in [2.75, 3.05) is 6.54 Å². The smallest absolute Gasteiger partial charge is 0.00966 e. The molecule has 0 heterocycles. The molecular formula is C20H25N. The van der Waals surface area contributed by atoms with Crippen LogP contribution in [0.2, 0.25) is 0 Å². The van der Waals surface area contributed by atoms with E-state index < -0.39 is 0 Å². The van der Waals surface area contributed by atoms with E-state index >= 15 is 0 Å². The first-order valence-corrected chi connectivity index (χ1v) is 7.91. The van der Waals surface area contributed by atoms with Crippen molar-refractivity contribution in [3.05, 3.63) is 71.8 Å². The van der Waals surface area contributed by atoms with Gasteiger partial charge in [-0.1, -0.05) is 60.7 Å². The molecule has 0 aliphatic heterocycles. The van der Waals surface area contributed by atoms with Crippen molar-refractivity contribution in [3.8, 4) is 0 Å². The third-order valence-electron chi connectivity index (χ3n) is 4.41. The summed E-state index contributed by atoms with van der Waals surface area (Å²) in [4.78, 5) is 0. The second kappa shape index (κ2) is 5.65. The quantitative estimate of drug-likeness (QED) is 0.864. The van der Waals surface area contributed by atoms with E-state index in [2.05, 4.69) is 86.8 Å². The van der Waals surface area contributed by atoms with E-state index in [9.17, 15) is 0 Å². The lowest BCUT2D eigenvalue weighted by Crippen LogP contribution is -2.37. The molecule has 0 bridgehead atoms. The average molecular weight is 279 g/mol. The minimum atomic E-state index is 0.186. The van der Waals surface area contributed by atoms with Crippen LogP contribution in [0.25, 0.3) is 0 Å². The SMILES string of the molecule is CC(C)(C)NCC1C(c2ccccc2)C1c1ccccc1. The van der Waals surface area contributed by atoms with Gasteiger partial charge in [0.1, 0.15) is 0 Å². The van der Waals surface area contributed by atoms with Gasteiger partial charge >= 0.3 is 0 Å². The van der Waals surface area contributed by atoms with Crippen molar-refractivity contribution in [2.24, 2.45) is 5.92 Å². The first kappa shape index (κ1) is 14.3. The summed E-state index contributed by atoms with van der Waals surface area (Å²) in [6.07, 6.45) is 0. The van der Waals surface area contributed by atoms with Gasteiger partial charge in [0, 0.05) is 5.54 Å². The molecule has 110 valence electrons. The van der Waals surface area contributed by atoms with Crippen molar-refractivity contribution < 1.29 is 0 Å². The largest absolute Gasteiger partial charge is 0.312 e. The van der Waals surface area contributed by atoms with E-state index in [0.29, 0.717) is 17.8 Å². The summed E-state index contributed by atoms with van der Waals surface area (Å²) in [5.74, 6) is 2.01. The molecule has 1 N–H and O–H groups in total. The van der Waals surface area contributed by atoms with Crippen molar-refractivity contribution >= 4 is 0 Å². The van der Waals surface area contributed by atoms with E-state index in [4.69, 9.17) is 0 Å². The summed E-state index contributed by atoms with van der Waals surface area (Å²) < 4.78 is 0. The second-order valence-corrected chi connectivity index (χ2v) is 7.17. The lowest BCUT2D eigenvalue weighted by atomic mass is 10.0. The Morgan fingerprint density at radius 1 is 0.762 bits per heavy atom. The molecule has 0 radical (unpaired) electrons. The van der Waals surface area contributed by atoms with Gasteiger partial charge in [-0.05, 0) is 56.2 Å². The van der Waals surface area contributed by atoms with Crippen LogP contribution in [0.1, 0.15) is 43.7 Å². The lowest BCUT2D eigenvalue weighted by molar-refractivity contribution is 0.412. The highest BCUT2D eigenvalue weighted by molar-refractivity contribution is 5.39. The van der Waals surface area contributed by atoms with Crippen molar-refractivity contribution in [1.82, 2.24) is 5.32 Å². The van der Waals surface area contributed by atoms with Crippen molar-refractivity contribution in [2.45, 2.75) is 38.1 Å². The molecule has 1 saturated carbocycles. The molecule has 2 atom stereocenters. The van der Waals surface area contributed by atoms with E-state index in [1.54, 1.807) is 0 Å². The monoisotopic (exact) mass is 279 g/mol. The third-order valence-corrected chi connectivity index (χ3v) is 4.41. The molecule has 0 amide bonds. The Balaban J connectivity index is 1.80. The fraction of sp³-hybridized carbons (Fsp3) is 0.400. The predicted molar refractivity (Wildman–Crippen MR) is 89.6 cm³/mol. The molecular weight excluding hydrogens is 254 g/mol. The highest BCUT2D eigenvalue weighted by Crippen LogP contribution is 2.60. The van der Waals surface area contributed by atoms with Gasteiger partial charge in [0.25, 0.3) is 0 Å². The third kappa shape index (κ3) is 3.36. The minimum Gasteiger partial charge on any atom is -0.312 e. The Morgan fingerprint density at radius 2 is 1.19 bits per heavy atom. The summed E-state index contributed by atoms with van der Waals surface area (Å²) in [5.41, 5.74) is 3.14. The summed E-state index contributed by atoms with van der Waals surface area (Å²) in [7, 11) is 0. The fourth-order valence-electron chi connectivity index (χ4n) is 3.31. The highest BCUT2D eigenvalue weighted by atomic mass is 15.0. The summed E-state index contributed by atoms with van der Waals surface area (Å²) in [5, 5.41) is 3.68. The molecule has 3 rings (SSSR count). The summed E-state index contributed by atoms with van der Waals surface area (Å²) in [6.45, 7) is 7.81. The summed E-state index contributed by atoms with van der Waals surface area (Å²) in [6, 6.07) is 21.9. The molecule has 1 heteroatoms. The zero-order valence-corrected chi connectivity index (χ0v) is 13.2. The molecule has 1 fully saturated rings. The van der Waals surface area contributed by atoms with Crippen LogP contribution in [-0.4, -0.2) is 12.1 Å². The molecule has 1 nitrogen and oxygen atoms in total.